The molecule has 0 aliphatic heterocycles. The predicted octanol–water partition coefficient (Wildman–Crippen LogP) is 5.07. The molecule has 0 aromatic heterocycles. The van der Waals surface area contributed by atoms with Gasteiger partial charge in [0.05, 0.1) is 6.61 Å². The van der Waals surface area contributed by atoms with Crippen molar-refractivity contribution in [2.45, 2.75) is 40.2 Å². The van der Waals surface area contributed by atoms with Gasteiger partial charge < -0.3 is 4.74 Å². The Bertz CT molecular complexity index is 677. The van der Waals surface area contributed by atoms with Crippen molar-refractivity contribution >= 4 is 0 Å². The first kappa shape index (κ1) is 16.3. The van der Waals surface area contributed by atoms with E-state index in [4.69, 9.17) is 11.2 Å². The van der Waals surface area contributed by atoms with E-state index in [2.05, 4.69) is 63.1 Å². The van der Waals surface area contributed by atoms with Crippen LogP contribution in [0.5, 0.6) is 0 Å². The fourth-order valence-electron chi connectivity index (χ4n) is 2.82. The van der Waals surface area contributed by atoms with Crippen LogP contribution in [0.2, 0.25) is 0 Å². The maximum absolute atomic E-state index is 5.40. The van der Waals surface area contributed by atoms with Gasteiger partial charge in [-0.2, -0.15) is 0 Å². The van der Waals surface area contributed by atoms with Gasteiger partial charge in [-0.15, -0.1) is 6.42 Å². The third-order valence-electron chi connectivity index (χ3n) is 3.86. The Labute approximate surface area is 134 Å². The lowest BCUT2D eigenvalue weighted by Crippen LogP contribution is -1.95. The Kier molecular flexibility index (Phi) is 5.81. The lowest BCUT2D eigenvalue weighted by Gasteiger charge is -2.13. The minimum atomic E-state index is 0.360. The van der Waals surface area contributed by atoms with Gasteiger partial charge in [0.2, 0.25) is 0 Å². The minimum Gasteiger partial charge on any atom is -0.364 e. The number of terminal acetylenes is 1. The fraction of sp³-hybridized carbons (Fsp3) is 0.333. The molecule has 114 valence electrons. The van der Waals surface area contributed by atoms with Gasteiger partial charge in [0, 0.05) is 0 Å². The molecule has 0 bridgehead atoms. The summed E-state index contributed by atoms with van der Waals surface area (Å²) in [6.45, 7) is 7.49. The zero-order valence-corrected chi connectivity index (χ0v) is 13.8. The summed E-state index contributed by atoms with van der Waals surface area (Å²) in [5.74, 6) is 2.49. The molecule has 0 saturated heterocycles. The van der Waals surface area contributed by atoms with E-state index < -0.39 is 0 Å². The molecule has 0 amide bonds. The monoisotopic (exact) mass is 292 g/mol. The van der Waals surface area contributed by atoms with Gasteiger partial charge in [0.25, 0.3) is 0 Å². The lowest BCUT2D eigenvalue weighted by molar-refractivity contribution is 0.153. The van der Waals surface area contributed by atoms with E-state index in [1.54, 1.807) is 0 Å². The fourth-order valence-corrected chi connectivity index (χ4v) is 2.82. The van der Waals surface area contributed by atoms with Gasteiger partial charge in [-0.1, -0.05) is 55.7 Å². The summed E-state index contributed by atoms with van der Waals surface area (Å²) < 4.78 is 5.40. The number of hydrogen-bond donors (Lipinski definition) is 0. The highest BCUT2D eigenvalue weighted by Crippen LogP contribution is 2.28. The molecular formula is C21H24O. The second-order valence-corrected chi connectivity index (χ2v) is 5.75. The molecule has 2 aromatic rings. The van der Waals surface area contributed by atoms with Crippen molar-refractivity contribution in [2.75, 3.05) is 6.61 Å². The summed E-state index contributed by atoms with van der Waals surface area (Å²) >= 11 is 0. The van der Waals surface area contributed by atoms with Gasteiger partial charge >= 0.3 is 0 Å². The Morgan fingerprint density at radius 2 is 1.55 bits per heavy atom. The molecule has 1 nitrogen and oxygen atoms in total. The number of hydrogen-bond acceptors (Lipinski definition) is 1. The van der Waals surface area contributed by atoms with Crippen molar-refractivity contribution in [2.24, 2.45) is 0 Å². The number of benzene rings is 2. The highest BCUT2D eigenvalue weighted by Gasteiger charge is 2.07. The van der Waals surface area contributed by atoms with Gasteiger partial charge in [-0.05, 0) is 53.6 Å². The maximum Gasteiger partial charge on any atom is 0.107 e. The largest absolute Gasteiger partial charge is 0.364 e. The summed E-state index contributed by atoms with van der Waals surface area (Å²) in [5.41, 5.74) is 7.80. The highest BCUT2D eigenvalue weighted by molar-refractivity contribution is 5.71. The number of ether oxygens (including phenoxy) is 1. The molecule has 0 spiro atoms. The van der Waals surface area contributed by atoms with Gasteiger partial charge in [-0.25, -0.2) is 0 Å². The molecule has 22 heavy (non-hydrogen) atoms. The first-order valence-electron chi connectivity index (χ1n) is 7.86. The first-order valence-corrected chi connectivity index (χ1v) is 7.86. The maximum atomic E-state index is 5.40. The quantitative estimate of drug-likeness (QED) is 0.533. The van der Waals surface area contributed by atoms with Crippen LogP contribution in [0.25, 0.3) is 11.1 Å². The average molecular weight is 292 g/mol. The van der Waals surface area contributed by atoms with Crippen LogP contribution in [-0.2, 0) is 17.8 Å². The number of rotatable bonds is 6. The van der Waals surface area contributed by atoms with E-state index >= 15 is 0 Å². The zero-order valence-electron chi connectivity index (χ0n) is 13.8. The van der Waals surface area contributed by atoms with E-state index in [9.17, 15) is 0 Å². The van der Waals surface area contributed by atoms with Gasteiger partial charge in [-0.3, -0.25) is 0 Å². The lowest BCUT2D eigenvalue weighted by atomic mass is 9.93. The Morgan fingerprint density at radius 3 is 2.09 bits per heavy atom. The molecule has 2 aromatic carbocycles. The van der Waals surface area contributed by atoms with E-state index in [1.807, 2.05) is 0 Å². The summed E-state index contributed by atoms with van der Waals surface area (Å²) in [4.78, 5) is 0. The minimum absolute atomic E-state index is 0.360. The Hall–Kier alpha value is -2.04. The van der Waals surface area contributed by atoms with Crippen LogP contribution < -0.4 is 0 Å². The van der Waals surface area contributed by atoms with Crippen LogP contribution in [0.3, 0.4) is 0 Å². The Balaban J connectivity index is 2.24. The van der Waals surface area contributed by atoms with Crippen LogP contribution >= 0.6 is 0 Å². The van der Waals surface area contributed by atoms with Crippen LogP contribution in [-0.4, -0.2) is 6.61 Å². The molecule has 0 atom stereocenters. The molecule has 0 fully saturated rings. The van der Waals surface area contributed by atoms with Gasteiger partial charge in [0.15, 0.2) is 0 Å². The van der Waals surface area contributed by atoms with Crippen molar-refractivity contribution in [3.63, 3.8) is 0 Å². The standard InChI is InChI=1S/C21H24O/c1-5-7-18-8-10-20(16(3)13-18)21-11-9-19(14-17(21)4)15-22-12-6-2/h2,8-11,13-14H,5,7,12,15H2,1,3-4H3. The summed E-state index contributed by atoms with van der Waals surface area (Å²) in [6, 6.07) is 13.3. The SMILES string of the molecule is C#CCOCc1ccc(-c2ccc(CCC)cc2C)c(C)c1. The molecule has 2 rings (SSSR count). The molecule has 0 unspecified atom stereocenters. The molecule has 0 heterocycles. The van der Waals surface area contributed by atoms with Crippen LogP contribution in [0.15, 0.2) is 36.4 Å². The summed E-state index contributed by atoms with van der Waals surface area (Å²) in [6.07, 6.45) is 7.53. The van der Waals surface area contributed by atoms with Crippen molar-refractivity contribution < 1.29 is 4.74 Å². The Morgan fingerprint density at radius 1 is 0.955 bits per heavy atom. The molecule has 0 N–H and O–H groups in total. The van der Waals surface area contributed by atoms with Crippen molar-refractivity contribution in [1.82, 2.24) is 0 Å². The third kappa shape index (κ3) is 4.00. The van der Waals surface area contributed by atoms with Crippen LogP contribution in [0.1, 0.15) is 35.6 Å². The van der Waals surface area contributed by atoms with Gasteiger partial charge in [0.1, 0.15) is 6.61 Å². The second kappa shape index (κ2) is 7.82. The van der Waals surface area contributed by atoms with Crippen molar-refractivity contribution in [1.29, 1.82) is 0 Å². The summed E-state index contributed by atoms with van der Waals surface area (Å²) in [7, 11) is 0. The third-order valence-corrected chi connectivity index (χ3v) is 3.86. The first-order chi connectivity index (χ1) is 10.7. The van der Waals surface area contributed by atoms with E-state index in [1.165, 1.54) is 34.2 Å². The normalized spacial score (nSPS) is 10.5. The second-order valence-electron chi connectivity index (χ2n) is 5.75. The average Bonchev–Trinajstić information content (AvgIpc) is 2.49. The predicted molar refractivity (Wildman–Crippen MR) is 93.8 cm³/mol. The number of aryl methyl sites for hydroxylation is 3. The van der Waals surface area contributed by atoms with Crippen molar-refractivity contribution in [3.05, 3.63) is 58.7 Å². The molecular weight excluding hydrogens is 268 g/mol. The molecule has 0 aliphatic carbocycles. The molecule has 0 saturated carbocycles. The molecule has 0 radical (unpaired) electrons. The van der Waals surface area contributed by atoms with Crippen molar-refractivity contribution in [3.8, 4) is 23.5 Å². The van der Waals surface area contributed by atoms with E-state index in [0.717, 1.165) is 12.0 Å². The van der Waals surface area contributed by atoms with Crippen LogP contribution in [0, 0.1) is 26.2 Å². The molecule has 1 heteroatoms. The van der Waals surface area contributed by atoms with Crippen LogP contribution in [0.4, 0.5) is 0 Å². The summed E-state index contributed by atoms with van der Waals surface area (Å²) in [5, 5.41) is 0. The van der Waals surface area contributed by atoms with E-state index in [-0.39, 0.29) is 0 Å². The topological polar surface area (TPSA) is 9.23 Å². The molecule has 0 aliphatic rings. The smallest absolute Gasteiger partial charge is 0.107 e. The van der Waals surface area contributed by atoms with E-state index in [0.29, 0.717) is 13.2 Å². The zero-order chi connectivity index (χ0) is 15.9. The highest BCUT2D eigenvalue weighted by atomic mass is 16.5.